The molecule has 4 aromatic rings. The summed E-state index contributed by atoms with van der Waals surface area (Å²) in [6.07, 6.45) is 3.53. The Morgan fingerprint density at radius 2 is 2.00 bits per heavy atom. The Kier molecular flexibility index (Phi) is 3.89. The molecule has 0 aliphatic carbocycles. The summed E-state index contributed by atoms with van der Waals surface area (Å²) in [6, 6.07) is 12.8. The molecule has 0 unspecified atom stereocenters. The number of aromatic nitrogens is 3. The molecule has 130 valence electrons. The van der Waals surface area contributed by atoms with Gasteiger partial charge in [0.15, 0.2) is 5.76 Å². The van der Waals surface area contributed by atoms with Gasteiger partial charge in [0.1, 0.15) is 11.3 Å². The fraction of sp³-hybridized carbons (Fsp3) is 0.105. The number of anilines is 1. The van der Waals surface area contributed by atoms with E-state index in [-0.39, 0.29) is 11.9 Å². The molecule has 0 saturated heterocycles. The van der Waals surface area contributed by atoms with Crippen molar-refractivity contribution in [2.75, 3.05) is 12.8 Å². The van der Waals surface area contributed by atoms with Crippen LogP contribution in [-0.2, 0) is 11.3 Å². The molecule has 7 heteroatoms. The summed E-state index contributed by atoms with van der Waals surface area (Å²) < 4.78 is 12.2. The first-order valence-corrected chi connectivity index (χ1v) is 7.99. The number of hydrogen-bond acceptors (Lipinski definition) is 6. The highest BCUT2D eigenvalue weighted by molar-refractivity contribution is 5.91. The molecule has 2 N–H and O–H groups in total. The highest BCUT2D eigenvalue weighted by atomic mass is 16.5. The number of nitrogen functional groups attached to an aromatic ring is 1. The van der Waals surface area contributed by atoms with Gasteiger partial charge in [0.05, 0.1) is 18.9 Å². The minimum atomic E-state index is -0.355. The number of hydrogen-bond donors (Lipinski definition) is 1. The summed E-state index contributed by atoms with van der Waals surface area (Å²) >= 11 is 0. The molecule has 0 amide bonds. The van der Waals surface area contributed by atoms with E-state index in [0.29, 0.717) is 23.6 Å². The Hall–Kier alpha value is -3.61. The molecule has 1 aromatic carbocycles. The van der Waals surface area contributed by atoms with Crippen molar-refractivity contribution < 1.29 is 13.9 Å². The molecule has 0 fully saturated rings. The van der Waals surface area contributed by atoms with E-state index in [1.54, 1.807) is 24.5 Å². The van der Waals surface area contributed by atoms with Gasteiger partial charge in [-0.25, -0.2) is 9.78 Å². The van der Waals surface area contributed by atoms with Crippen molar-refractivity contribution in [1.82, 2.24) is 14.5 Å². The SMILES string of the molecule is COC(=O)c1ccc(Cn2ccc3c(-c4ccco4)nc(N)nc32)cc1. The second-order valence-electron chi connectivity index (χ2n) is 5.78. The zero-order valence-electron chi connectivity index (χ0n) is 14.0. The number of nitrogens with two attached hydrogens (primary N) is 1. The van der Waals surface area contributed by atoms with Gasteiger partial charge < -0.3 is 19.5 Å². The van der Waals surface area contributed by atoms with Crippen molar-refractivity contribution in [2.45, 2.75) is 6.54 Å². The van der Waals surface area contributed by atoms with Gasteiger partial charge in [0.25, 0.3) is 0 Å². The smallest absolute Gasteiger partial charge is 0.337 e. The van der Waals surface area contributed by atoms with Gasteiger partial charge in [-0.05, 0) is 35.9 Å². The standard InChI is InChI=1S/C19H16N4O3/c1-25-18(24)13-6-4-12(5-7-13)11-23-9-8-14-16(15-3-2-10-26-15)21-19(20)22-17(14)23/h2-10H,11H2,1H3,(H2,20,21,22). The number of carbonyl (C=O) groups excluding carboxylic acids is 1. The maximum absolute atomic E-state index is 11.5. The van der Waals surface area contributed by atoms with Crippen LogP contribution in [0.5, 0.6) is 0 Å². The molecular weight excluding hydrogens is 332 g/mol. The van der Waals surface area contributed by atoms with Crippen molar-refractivity contribution in [3.8, 4) is 11.5 Å². The van der Waals surface area contributed by atoms with E-state index in [4.69, 9.17) is 14.9 Å². The van der Waals surface area contributed by atoms with Gasteiger partial charge in [-0.15, -0.1) is 0 Å². The quantitative estimate of drug-likeness (QED) is 0.569. The third-order valence-corrected chi connectivity index (χ3v) is 4.12. The van der Waals surface area contributed by atoms with E-state index in [0.717, 1.165) is 16.6 Å². The number of benzene rings is 1. The number of carbonyl (C=O) groups is 1. The molecule has 0 atom stereocenters. The lowest BCUT2D eigenvalue weighted by Gasteiger charge is -2.07. The van der Waals surface area contributed by atoms with E-state index in [1.165, 1.54) is 7.11 Å². The van der Waals surface area contributed by atoms with Crippen molar-refractivity contribution >= 4 is 23.0 Å². The third kappa shape index (κ3) is 2.79. The van der Waals surface area contributed by atoms with Gasteiger partial charge in [-0.2, -0.15) is 4.98 Å². The first-order valence-electron chi connectivity index (χ1n) is 7.99. The summed E-state index contributed by atoms with van der Waals surface area (Å²) in [4.78, 5) is 20.2. The van der Waals surface area contributed by atoms with E-state index < -0.39 is 0 Å². The normalized spacial score (nSPS) is 11.0. The number of methoxy groups -OCH3 is 1. The molecular formula is C19H16N4O3. The van der Waals surface area contributed by atoms with E-state index >= 15 is 0 Å². The van der Waals surface area contributed by atoms with E-state index in [1.807, 2.05) is 35.0 Å². The average Bonchev–Trinajstić information content (AvgIpc) is 3.32. The number of furan rings is 1. The predicted molar refractivity (Wildman–Crippen MR) is 96.5 cm³/mol. The van der Waals surface area contributed by atoms with Crippen molar-refractivity contribution in [3.63, 3.8) is 0 Å². The number of fused-ring (bicyclic) bond motifs is 1. The molecule has 0 saturated carbocycles. The maximum atomic E-state index is 11.5. The molecule has 26 heavy (non-hydrogen) atoms. The fourth-order valence-corrected chi connectivity index (χ4v) is 2.87. The minimum Gasteiger partial charge on any atom is -0.465 e. The largest absolute Gasteiger partial charge is 0.465 e. The van der Waals surface area contributed by atoms with Gasteiger partial charge >= 0.3 is 5.97 Å². The van der Waals surface area contributed by atoms with Gasteiger partial charge in [-0.1, -0.05) is 12.1 Å². The molecule has 0 aliphatic rings. The third-order valence-electron chi connectivity index (χ3n) is 4.12. The predicted octanol–water partition coefficient (Wildman–Crippen LogP) is 3.11. The first kappa shape index (κ1) is 15.9. The topological polar surface area (TPSA) is 96.2 Å². The second kappa shape index (κ2) is 6.36. The summed E-state index contributed by atoms with van der Waals surface area (Å²) in [5.41, 5.74) is 8.81. The molecule has 0 aliphatic heterocycles. The molecule has 0 spiro atoms. The van der Waals surface area contributed by atoms with Crippen molar-refractivity contribution in [2.24, 2.45) is 0 Å². The second-order valence-corrected chi connectivity index (χ2v) is 5.78. The van der Waals surface area contributed by atoms with Crippen molar-refractivity contribution in [3.05, 3.63) is 66.1 Å². The Bertz CT molecular complexity index is 1070. The van der Waals surface area contributed by atoms with Crippen LogP contribution in [0.25, 0.3) is 22.5 Å². The van der Waals surface area contributed by atoms with Crippen LogP contribution < -0.4 is 5.73 Å². The molecule has 0 radical (unpaired) electrons. The lowest BCUT2D eigenvalue weighted by atomic mass is 10.1. The summed E-state index contributed by atoms with van der Waals surface area (Å²) in [5.74, 6) is 0.473. The van der Waals surface area contributed by atoms with Crippen LogP contribution in [-0.4, -0.2) is 27.6 Å². The lowest BCUT2D eigenvalue weighted by Crippen LogP contribution is -2.04. The number of nitrogens with zero attached hydrogens (tertiary/aromatic N) is 3. The first-order chi connectivity index (χ1) is 12.7. The van der Waals surface area contributed by atoms with Crippen LogP contribution in [0.1, 0.15) is 15.9 Å². The molecule has 0 bridgehead atoms. The lowest BCUT2D eigenvalue weighted by molar-refractivity contribution is 0.0600. The van der Waals surface area contributed by atoms with E-state index in [9.17, 15) is 4.79 Å². The van der Waals surface area contributed by atoms with E-state index in [2.05, 4.69) is 9.97 Å². The molecule has 4 rings (SSSR count). The number of rotatable bonds is 4. The highest BCUT2D eigenvalue weighted by Gasteiger charge is 2.14. The van der Waals surface area contributed by atoms with Crippen LogP contribution in [0.2, 0.25) is 0 Å². The van der Waals surface area contributed by atoms with Gasteiger partial charge in [-0.3, -0.25) is 0 Å². The Morgan fingerprint density at radius 3 is 2.69 bits per heavy atom. The zero-order chi connectivity index (χ0) is 18.1. The maximum Gasteiger partial charge on any atom is 0.337 e. The molecule has 3 aromatic heterocycles. The van der Waals surface area contributed by atoms with Crippen molar-refractivity contribution in [1.29, 1.82) is 0 Å². The van der Waals surface area contributed by atoms with Crippen LogP contribution in [0.3, 0.4) is 0 Å². The summed E-state index contributed by atoms with van der Waals surface area (Å²) in [5, 5.41) is 0.861. The number of ether oxygens (including phenoxy) is 1. The zero-order valence-corrected chi connectivity index (χ0v) is 14.0. The Morgan fingerprint density at radius 1 is 1.19 bits per heavy atom. The number of esters is 1. The monoisotopic (exact) mass is 348 g/mol. The van der Waals surface area contributed by atoms with Crippen LogP contribution in [0.4, 0.5) is 5.95 Å². The molecule has 3 heterocycles. The minimum absolute atomic E-state index is 0.185. The van der Waals surface area contributed by atoms with Crippen LogP contribution >= 0.6 is 0 Å². The van der Waals surface area contributed by atoms with Crippen LogP contribution in [0.15, 0.2) is 59.3 Å². The average molecular weight is 348 g/mol. The Balaban J connectivity index is 1.71. The Labute approximate surface area is 149 Å². The molecule has 7 nitrogen and oxygen atoms in total. The highest BCUT2D eigenvalue weighted by Crippen LogP contribution is 2.28. The van der Waals surface area contributed by atoms with Gasteiger partial charge in [0, 0.05) is 18.1 Å². The summed E-state index contributed by atoms with van der Waals surface area (Å²) in [7, 11) is 1.36. The summed E-state index contributed by atoms with van der Waals surface area (Å²) in [6.45, 7) is 0.582. The fourth-order valence-electron chi connectivity index (χ4n) is 2.87. The van der Waals surface area contributed by atoms with Gasteiger partial charge in [0.2, 0.25) is 5.95 Å². The van der Waals surface area contributed by atoms with Crippen LogP contribution in [0, 0.1) is 0 Å².